The molecule has 11 heteroatoms. The van der Waals surface area contributed by atoms with E-state index in [9.17, 15) is 14.4 Å². The molecule has 3 heterocycles. The maximum absolute atomic E-state index is 12.6. The van der Waals surface area contributed by atoms with E-state index >= 15 is 0 Å². The molecule has 34 heavy (non-hydrogen) atoms. The summed E-state index contributed by atoms with van der Waals surface area (Å²) in [5.74, 6) is 1.25. The average Bonchev–Trinajstić information content (AvgIpc) is 3.20. The molecule has 10 nitrogen and oxygen atoms in total. The van der Waals surface area contributed by atoms with E-state index in [-0.39, 0.29) is 18.3 Å². The minimum absolute atomic E-state index is 0.0450. The molecule has 0 aliphatic carbocycles. The number of thioether (sulfide) groups is 1. The zero-order valence-corrected chi connectivity index (χ0v) is 20.3. The Morgan fingerprint density at radius 2 is 1.94 bits per heavy atom. The molecule has 3 amide bonds. The van der Waals surface area contributed by atoms with E-state index in [1.807, 2.05) is 36.9 Å². The minimum Gasteiger partial charge on any atom is -0.486 e. The summed E-state index contributed by atoms with van der Waals surface area (Å²) in [6, 6.07) is 4.53. The normalized spacial score (nSPS) is 21.2. The van der Waals surface area contributed by atoms with Crippen molar-refractivity contribution in [3.05, 3.63) is 18.2 Å². The number of ether oxygens (including phenoxy) is 3. The van der Waals surface area contributed by atoms with Gasteiger partial charge < -0.3 is 19.1 Å². The molecule has 0 saturated carbocycles. The number of rotatable bonds is 10. The molecular weight excluding hydrogens is 460 g/mol. The number of urea groups is 1. The van der Waals surface area contributed by atoms with Gasteiger partial charge in [0.15, 0.2) is 23.7 Å². The maximum Gasteiger partial charge on any atom is 0.325 e. The first-order valence-electron chi connectivity index (χ1n) is 11.6. The summed E-state index contributed by atoms with van der Waals surface area (Å²) < 4.78 is 16.6. The predicted octanol–water partition coefficient (Wildman–Crippen LogP) is 2.26. The fourth-order valence-corrected chi connectivity index (χ4v) is 4.86. The number of carbonyl (C=O) groups excluding carboxylic acids is 3. The van der Waals surface area contributed by atoms with Crippen LogP contribution in [0.1, 0.15) is 33.1 Å². The third-order valence-electron chi connectivity index (χ3n) is 5.76. The fourth-order valence-electron chi connectivity index (χ4n) is 4.14. The van der Waals surface area contributed by atoms with Gasteiger partial charge in [0.05, 0.1) is 5.75 Å². The van der Waals surface area contributed by atoms with Crippen molar-refractivity contribution in [3.8, 4) is 11.5 Å². The Labute approximate surface area is 203 Å². The number of unbranched alkanes of at least 4 members (excludes halogenated alkanes) is 1. The van der Waals surface area contributed by atoms with Crippen molar-refractivity contribution in [2.45, 2.75) is 50.2 Å². The van der Waals surface area contributed by atoms with Crippen molar-refractivity contribution in [2.24, 2.45) is 4.99 Å². The van der Waals surface area contributed by atoms with Crippen molar-refractivity contribution in [2.75, 3.05) is 38.7 Å². The van der Waals surface area contributed by atoms with Gasteiger partial charge in [0.2, 0.25) is 0 Å². The molecule has 1 fully saturated rings. The van der Waals surface area contributed by atoms with E-state index in [2.05, 4.69) is 10.3 Å². The minimum atomic E-state index is -0.602. The number of benzene rings is 1. The smallest absolute Gasteiger partial charge is 0.325 e. The number of aliphatic imine (C=N–C) groups is 1. The second-order valence-electron chi connectivity index (χ2n) is 8.19. The van der Waals surface area contributed by atoms with E-state index in [4.69, 9.17) is 14.2 Å². The van der Waals surface area contributed by atoms with Crippen LogP contribution < -0.4 is 14.8 Å². The average molecular weight is 491 g/mol. The zero-order chi connectivity index (χ0) is 24.1. The lowest BCUT2D eigenvalue weighted by atomic mass is 10.1. The summed E-state index contributed by atoms with van der Waals surface area (Å²) >= 11 is 1.34. The van der Waals surface area contributed by atoms with Crippen LogP contribution in [0.5, 0.6) is 11.5 Å². The standard InChI is InChI=1S/C23H30N4O6S/c1-3-5-9-27-21-20(22(29)25-23(27)30)26(8-4-2)18(24-21)13-33-19(28)14-34-15-6-7-16-17(12-15)32-11-10-31-16/h6-7,12,20-21H,3-5,8-11,13-14H2,1-2H3,(H,25,29,30). The van der Waals surface area contributed by atoms with Gasteiger partial charge in [-0.25, -0.2) is 9.79 Å². The Balaban J connectivity index is 1.37. The predicted molar refractivity (Wildman–Crippen MR) is 126 cm³/mol. The lowest BCUT2D eigenvalue weighted by molar-refractivity contribution is -0.138. The summed E-state index contributed by atoms with van der Waals surface area (Å²) in [7, 11) is 0. The van der Waals surface area contributed by atoms with Crippen LogP contribution >= 0.6 is 11.8 Å². The Morgan fingerprint density at radius 1 is 1.15 bits per heavy atom. The number of imide groups is 1. The second kappa shape index (κ2) is 11.0. The molecular formula is C23H30N4O6S. The quantitative estimate of drug-likeness (QED) is 0.393. The topological polar surface area (TPSA) is 110 Å². The summed E-state index contributed by atoms with van der Waals surface area (Å²) in [5, 5.41) is 2.45. The van der Waals surface area contributed by atoms with Gasteiger partial charge in [-0.1, -0.05) is 20.3 Å². The van der Waals surface area contributed by atoms with Crippen molar-refractivity contribution < 1.29 is 28.6 Å². The van der Waals surface area contributed by atoms with Crippen molar-refractivity contribution in [3.63, 3.8) is 0 Å². The van der Waals surface area contributed by atoms with E-state index in [1.54, 1.807) is 4.90 Å². The molecule has 0 radical (unpaired) electrons. The van der Waals surface area contributed by atoms with Crippen LogP contribution in [-0.2, 0) is 14.3 Å². The Hall–Kier alpha value is -2.95. The molecule has 1 aromatic rings. The van der Waals surface area contributed by atoms with Gasteiger partial charge in [-0.15, -0.1) is 11.8 Å². The fraction of sp³-hybridized carbons (Fsp3) is 0.565. The first-order valence-corrected chi connectivity index (χ1v) is 12.6. The molecule has 2 unspecified atom stereocenters. The van der Waals surface area contributed by atoms with Crippen molar-refractivity contribution in [1.82, 2.24) is 15.1 Å². The summed E-state index contributed by atoms with van der Waals surface area (Å²) in [4.78, 5) is 46.5. The highest BCUT2D eigenvalue weighted by Crippen LogP contribution is 2.34. The molecule has 0 bridgehead atoms. The van der Waals surface area contributed by atoms with Gasteiger partial charge in [0.1, 0.15) is 25.7 Å². The Bertz CT molecular complexity index is 971. The van der Waals surface area contributed by atoms with Gasteiger partial charge in [-0.05, 0) is 31.0 Å². The highest BCUT2D eigenvalue weighted by atomic mass is 32.2. The van der Waals surface area contributed by atoms with Crippen molar-refractivity contribution >= 4 is 35.5 Å². The maximum atomic E-state index is 12.6. The number of nitrogens with one attached hydrogen (secondary N) is 1. The molecule has 2 atom stereocenters. The molecule has 184 valence electrons. The van der Waals surface area contributed by atoms with E-state index in [0.29, 0.717) is 43.6 Å². The zero-order valence-electron chi connectivity index (χ0n) is 19.5. The van der Waals surface area contributed by atoms with Crippen LogP contribution in [0, 0.1) is 0 Å². The third kappa shape index (κ3) is 5.24. The van der Waals surface area contributed by atoms with Crippen molar-refractivity contribution in [1.29, 1.82) is 0 Å². The molecule has 1 saturated heterocycles. The van der Waals surface area contributed by atoms with Gasteiger partial charge in [-0.3, -0.25) is 19.8 Å². The van der Waals surface area contributed by atoms with Crippen LogP contribution in [0.25, 0.3) is 0 Å². The van der Waals surface area contributed by atoms with Gasteiger partial charge in [0, 0.05) is 18.0 Å². The number of hydrogen-bond donors (Lipinski definition) is 1. The Kier molecular flexibility index (Phi) is 7.81. The van der Waals surface area contributed by atoms with Gasteiger partial charge in [0.25, 0.3) is 5.91 Å². The molecule has 3 aliphatic rings. The number of carbonyl (C=O) groups is 3. The summed E-state index contributed by atoms with van der Waals surface area (Å²) in [5.41, 5.74) is 0. The van der Waals surface area contributed by atoms with Crippen LogP contribution in [-0.4, -0.2) is 84.4 Å². The molecule has 0 aromatic heterocycles. The number of esters is 1. The highest BCUT2D eigenvalue weighted by Gasteiger charge is 2.49. The number of nitrogens with zero attached hydrogens (tertiary/aromatic N) is 3. The van der Waals surface area contributed by atoms with Gasteiger partial charge >= 0.3 is 12.0 Å². The van der Waals surface area contributed by atoms with Crippen LogP contribution in [0.4, 0.5) is 4.79 Å². The van der Waals surface area contributed by atoms with E-state index < -0.39 is 24.2 Å². The third-order valence-corrected chi connectivity index (χ3v) is 6.73. The number of fused-ring (bicyclic) bond motifs is 2. The van der Waals surface area contributed by atoms with E-state index in [1.165, 1.54) is 11.8 Å². The number of amides is 3. The first kappa shape index (κ1) is 24.2. The van der Waals surface area contributed by atoms with E-state index in [0.717, 1.165) is 24.2 Å². The second-order valence-corrected chi connectivity index (χ2v) is 9.24. The van der Waals surface area contributed by atoms with Crippen LogP contribution in [0.15, 0.2) is 28.1 Å². The largest absolute Gasteiger partial charge is 0.486 e. The molecule has 1 N–H and O–H groups in total. The lowest BCUT2D eigenvalue weighted by Crippen LogP contribution is -2.65. The van der Waals surface area contributed by atoms with Crippen LogP contribution in [0.3, 0.4) is 0 Å². The number of hydrogen-bond acceptors (Lipinski definition) is 9. The first-order chi connectivity index (χ1) is 16.5. The Morgan fingerprint density at radius 3 is 2.71 bits per heavy atom. The van der Waals surface area contributed by atoms with Crippen LogP contribution in [0.2, 0.25) is 0 Å². The monoisotopic (exact) mass is 490 g/mol. The molecule has 3 aliphatic heterocycles. The molecule has 0 spiro atoms. The molecule has 1 aromatic carbocycles. The van der Waals surface area contributed by atoms with Gasteiger partial charge in [-0.2, -0.15) is 0 Å². The molecule has 4 rings (SSSR count). The highest BCUT2D eigenvalue weighted by molar-refractivity contribution is 8.00. The summed E-state index contributed by atoms with van der Waals surface area (Å²) in [6.07, 6.45) is 1.92. The lowest BCUT2D eigenvalue weighted by Gasteiger charge is -2.38. The SMILES string of the molecule is CCCCN1C(=O)NC(=O)C2C1N=C(COC(=O)CSc1ccc3c(c1)OCCO3)N2CCC. The number of amidine groups is 1. The summed E-state index contributed by atoms with van der Waals surface area (Å²) in [6.45, 7) is 6.11.